The van der Waals surface area contributed by atoms with Crippen molar-refractivity contribution in [3.63, 3.8) is 0 Å². The van der Waals surface area contributed by atoms with Crippen LogP contribution in [0.15, 0.2) is 42.5 Å². The van der Waals surface area contributed by atoms with Gasteiger partial charge in [-0.2, -0.15) is 0 Å². The number of carbonyl (C=O) groups is 2. The zero-order valence-electron chi connectivity index (χ0n) is 30.0. The van der Waals surface area contributed by atoms with E-state index in [1.165, 1.54) is 5.56 Å². The molecule has 11 nitrogen and oxygen atoms in total. The molecular weight excluding hydrogens is 709 g/mol. The largest absolute Gasteiger partial charge is 0.493 e. The Hall–Kier alpha value is -4.10. The normalized spacial score (nSPS) is 24.3. The lowest BCUT2D eigenvalue weighted by molar-refractivity contribution is -0.154. The number of thioether (sulfide) groups is 2. The number of carbonyl (C=O) groups excluding carboxylic acids is 2. The standard InChI is InChI=1S/C39H44O11S2/c1-42-27-11-10-21(14-28(27)43-2)39-51-13-12-23(52-39)8-6-7-9-33(40)50-36-25-18-30-29(48-20-49-30)17-24(25)34(35-26(36)19-47-38(35)41)22-15-31(44-3)37(46-5)32(16-22)45-4/h10-11,14-18,23,26,34-36,39H,6-9,12-13,19-20H2,1-5H3/t23?,26-,34+,35-,36-,39?/m0/s1. The Bertz CT molecular complexity index is 1770. The molecule has 0 spiro atoms. The van der Waals surface area contributed by atoms with Crippen LogP contribution in [0.5, 0.6) is 40.2 Å². The van der Waals surface area contributed by atoms with Gasteiger partial charge in [0.15, 0.2) is 34.5 Å². The number of methoxy groups -OCH3 is 5. The van der Waals surface area contributed by atoms with Gasteiger partial charge in [-0.3, -0.25) is 9.59 Å². The van der Waals surface area contributed by atoms with Gasteiger partial charge in [0, 0.05) is 29.1 Å². The van der Waals surface area contributed by atoms with Gasteiger partial charge >= 0.3 is 11.9 Å². The summed E-state index contributed by atoms with van der Waals surface area (Å²) in [6.45, 7) is 0.216. The van der Waals surface area contributed by atoms with Crippen molar-refractivity contribution in [2.45, 2.75) is 54.0 Å². The van der Waals surface area contributed by atoms with Crippen molar-refractivity contribution in [1.82, 2.24) is 0 Å². The molecule has 0 bridgehead atoms. The van der Waals surface area contributed by atoms with E-state index in [-0.39, 0.29) is 31.8 Å². The van der Waals surface area contributed by atoms with Crippen molar-refractivity contribution in [1.29, 1.82) is 0 Å². The van der Waals surface area contributed by atoms with Gasteiger partial charge in [-0.05, 0) is 78.1 Å². The summed E-state index contributed by atoms with van der Waals surface area (Å²) in [5.41, 5.74) is 3.57. The summed E-state index contributed by atoms with van der Waals surface area (Å²) in [6, 6.07) is 13.6. The van der Waals surface area contributed by atoms with Crippen molar-refractivity contribution in [2.75, 3.05) is 54.7 Å². The number of ether oxygens (including phenoxy) is 9. The van der Waals surface area contributed by atoms with Gasteiger partial charge in [0.2, 0.25) is 12.5 Å². The summed E-state index contributed by atoms with van der Waals surface area (Å²) in [5, 5.41) is 0.499. The van der Waals surface area contributed by atoms with Crippen LogP contribution in [0.25, 0.3) is 0 Å². The van der Waals surface area contributed by atoms with Gasteiger partial charge < -0.3 is 42.6 Å². The molecule has 0 radical (unpaired) electrons. The van der Waals surface area contributed by atoms with E-state index in [2.05, 4.69) is 12.1 Å². The van der Waals surface area contributed by atoms with Crippen LogP contribution in [-0.2, 0) is 19.1 Å². The van der Waals surface area contributed by atoms with E-state index < -0.39 is 23.9 Å². The monoisotopic (exact) mass is 752 g/mol. The third-order valence-electron chi connectivity index (χ3n) is 10.3. The van der Waals surface area contributed by atoms with E-state index in [0.29, 0.717) is 45.0 Å². The van der Waals surface area contributed by atoms with Crippen LogP contribution in [-0.4, -0.2) is 71.9 Å². The number of unbranched alkanes of at least 4 members (excludes halogenated alkanes) is 1. The van der Waals surface area contributed by atoms with E-state index in [1.807, 2.05) is 53.9 Å². The Balaban J connectivity index is 1.06. The predicted molar refractivity (Wildman–Crippen MR) is 196 cm³/mol. The Morgan fingerprint density at radius 2 is 1.48 bits per heavy atom. The number of rotatable bonds is 13. The first kappa shape index (κ1) is 36.3. The van der Waals surface area contributed by atoms with Crippen LogP contribution in [0.4, 0.5) is 0 Å². The fourth-order valence-electron chi connectivity index (χ4n) is 7.76. The van der Waals surface area contributed by atoms with Gasteiger partial charge in [-0.25, -0.2) is 0 Å². The highest BCUT2D eigenvalue weighted by Gasteiger charge is 2.54. The summed E-state index contributed by atoms with van der Waals surface area (Å²) in [7, 11) is 7.96. The second-order valence-electron chi connectivity index (χ2n) is 13.1. The average Bonchev–Trinajstić information content (AvgIpc) is 3.80. The molecule has 2 fully saturated rings. The molecule has 278 valence electrons. The summed E-state index contributed by atoms with van der Waals surface area (Å²) < 4.78 is 51.7. The lowest BCUT2D eigenvalue weighted by Crippen LogP contribution is -2.36. The van der Waals surface area contributed by atoms with Crippen LogP contribution in [0.3, 0.4) is 0 Å². The quantitative estimate of drug-likeness (QED) is 0.127. The molecule has 3 aromatic rings. The lowest BCUT2D eigenvalue weighted by Gasteiger charge is -2.38. The zero-order chi connectivity index (χ0) is 36.4. The summed E-state index contributed by atoms with van der Waals surface area (Å²) >= 11 is 3.93. The SMILES string of the molecule is COc1ccc(C2SCCC(CCCCC(=O)O[C@H]3c4cc5c(cc4[C@@H](c4cc(OC)c(OC)c(OC)c4)[C@H]4C(=O)OC[C@@H]43)OCO5)S2)cc1OC. The highest BCUT2D eigenvalue weighted by Crippen LogP contribution is 2.57. The fourth-order valence-corrected chi connectivity index (χ4v) is 11.2. The number of fused-ring (bicyclic) bond motifs is 3. The maximum atomic E-state index is 13.5. The molecule has 0 N–H and O–H groups in total. The van der Waals surface area contributed by atoms with Crippen LogP contribution >= 0.6 is 23.5 Å². The molecule has 52 heavy (non-hydrogen) atoms. The molecule has 6 atom stereocenters. The highest BCUT2D eigenvalue weighted by molar-refractivity contribution is 8.17. The molecule has 4 aliphatic rings. The summed E-state index contributed by atoms with van der Waals surface area (Å²) in [6.07, 6.45) is 3.35. The molecule has 3 aromatic carbocycles. The van der Waals surface area contributed by atoms with Gasteiger partial charge in [-0.1, -0.05) is 12.5 Å². The Morgan fingerprint density at radius 1 is 0.788 bits per heavy atom. The number of benzene rings is 3. The van der Waals surface area contributed by atoms with Gasteiger partial charge in [0.25, 0.3) is 0 Å². The van der Waals surface area contributed by atoms with Crippen molar-refractivity contribution in [2.24, 2.45) is 11.8 Å². The minimum Gasteiger partial charge on any atom is -0.493 e. The molecule has 0 saturated carbocycles. The predicted octanol–water partition coefficient (Wildman–Crippen LogP) is 7.48. The topological polar surface area (TPSA) is 117 Å². The molecule has 13 heteroatoms. The van der Waals surface area contributed by atoms with E-state index in [4.69, 9.17) is 42.6 Å². The maximum Gasteiger partial charge on any atom is 0.310 e. The minimum atomic E-state index is -0.695. The first-order valence-corrected chi connectivity index (χ1v) is 19.4. The van der Waals surface area contributed by atoms with Gasteiger partial charge in [-0.15, -0.1) is 23.5 Å². The second kappa shape index (κ2) is 15.9. The van der Waals surface area contributed by atoms with Crippen molar-refractivity contribution in [3.8, 4) is 40.2 Å². The van der Waals surface area contributed by atoms with Crippen molar-refractivity contribution >= 4 is 35.5 Å². The van der Waals surface area contributed by atoms with Gasteiger partial charge in [0.05, 0.1) is 52.7 Å². The molecule has 7 rings (SSSR count). The van der Waals surface area contributed by atoms with Crippen molar-refractivity contribution < 1.29 is 52.2 Å². The summed E-state index contributed by atoms with van der Waals surface area (Å²) in [5.74, 6) is 2.96. The number of hydrogen-bond acceptors (Lipinski definition) is 13. The molecule has 0 aromatic heterocycles. The number of esters is 2. The third kappa shape index (κ3) is 7.01. The van der Waals surface area contributed by atoms with Crippen LogP contribution < -0.4 is 33.2 Å². The average molecular weight is 753 g/mol. The number of cyclic esters (lactones) is 1. The Labute approximate surface area is 312 Å². The molecule has 1 aliphatic carbocycles. The second-order valence-corrected chi connectivity index (χ2v) is 16.0. The molecule has 3 aliphatic heterocycles. The Kier molecular flexibility index (Phi) is 11.1. The lowest BCUT2D eigenvalue weighted by atomic mass is 9.66. The van der Waals surface area contributed by atoms with Crippen LogP contribution in [0, 0.1) is 11.8 Å². The minimum absolute atomic E-state index is 0.0828. The molecule has 2 saturated heterocycles. The Morgan fingerprint density at radius 3 is 2.17 bits per heavy atom. The van der Waals surface area contributed by atoms with Crippen LogP contribution in [0.2, 0.25) is 0 Å². The first-order valence-electron chi connectivity index (χ1n) is 17.5. The van der Waals surface area contributed by atoms with E-state index in [1.54, 1.807) is 35.5 Å². The van der Waals surface area contributed by atoms with Crippen LogP contribution in [0.1, 0.15) is 71.0 Å². The number of hydrogen-bond donors (Lipinski definition) is 0. The zero-order valence-corrected chi connectivity index (χ0v) is 31.6. The first-order chi connectivity index (χ1) is 25.4. The maximum absolute atomic E-state index is 13.5. The molecule has 3 heterocycles. The fraction of sp³-hybridized carbons (Fsp3) is 0.487. The van der Waals surface area contributed by atoms with Crippen molar-refractivity contribution in [3.05, 3.63) is 64.7 Å². The molecule has 0 amide bonds. The molecule has 2 unspecified atom stereocenters. The smallest absolute Gasteiger partial charge is 0.310 e. The third-order valence-corrected chi connectivity index (χ3v) is 13.4. The van der Waals surface area contributed by atoms with E-state index >= 15 is 0 Å². The van der Waals surface area contributed by atoms with E-state index in [0.717, 1.165) is 53.2 Å². The highest BCUT2D eigenvalue weighted by atomic mass is 32.2. The summed E-state index contributed by atoms with van der Waals surface area (Å²) in [4.78, 5) is 27.0. The molecular formula is C39H44O11S2. The van der Waals surface area contributed by atoms with Gasteiger partial charge in [0.1, 0.15) is 6.10 Å². The van der Waals surface area contributed by atoms with E-state index in [9.17, 15) is 9.59 Å².